The molecule has 0 radical (unpaired) electrons. The molecule has 0 saturated carbocycles. The zero-order valence-electron chi connectivity index (χ0n) is 5.85. The molecule has 0 saturated heterocycles. The monoisotopic (exact) mass is 173 g/mol. The molecule has 0 atom stereocenters. The van der Waals surface area contributed by atoms with E-state index in [1.807, 2.05) is 0 Å². The molecule has 0 aliphatic rings. The summed E-state index contributed by atoms with van der Waals surface area (Å²) in [5.74, 6) is 0. The number of hydrogen-bond donors (Lipinski definition) is 1. The zero-order valence-corrected chi connectivity index (χ0v) is 6.67. The highest BCUT2D eigenvalue weighted by atomic mass is 32.2. The molecule has 11 heavy (non-hydrogen) atoms. The van der Waals surface area contributed by atoms with Gasteiger partial charge in [-0.3, -0.25) is 9.54 Å². The Hall–Kier alpha value is -0.940. The van der Waals surface area contributed by atoms with E-state index in [4.69, 9.17) is 4.55 Å². The maximum absolute atomic E-state index is 10.6. The molecule has 0 aromatic carbocycles. The highest BCUT2D eigenvalue weighted by Crippen LogP contribution is 2.09. The minimum atomic E-state index is -4.10. The van der Waals surface area contributed by atoms with E-state index in [-0.39, 0.29) is 4.90 Å². The van der Waals surface area contributed by atoms with E-state index in [1.165, 1.54) is 25.3 Å². The molecule has 0 amide bonds. The first-order chi connectivity index (χ1) is 5.02. The topological polar surface area (TPSA) is 67.3 Å². The van der Waals surface area contributed by atoms with Crippen LogP contribution in [0, 0.1) is 6.92 Å². The summed E-state index contributed by atoms with van der Waals surface area (Å²) in [6.07, 6.45) is 1.46. The molecule has 1 N–H and O–H groups in total. The van der Waals surface area contributed by atoms with Crippen LogP contribution in [0.2, 0.25) is 0 Å². The zero-order chi connectivity index (χ0) is 8.48. The van der Waals surface area contributed by atoms with Gasteiger partial charge < -0.3 is 0 Å². The molecule has 1 heterocycles. The maximum atomic E-state index is 10.6. The van der Waals surface area contributed by atoms with Crippen molar-refractivity contribution < 1.29 is 13.0 Å². The summed E-state index contributed by atoms with van der Waals surface area (Å²) in [4.78, 5) is 3.57. The second kappa shape index (κ2) is 2.60. The largest absolute Gasteiger partial charge is 0.296 e. The van der Waals surface area contributed by atoms with Gasteiger partial charge in [-0.2, -0.15) is 8.42 Å². The molecule has 0 aliphatic carbocycles. The van der Waals surface area contributed by atoms with Gasteiger partial charge in [0.1, 0.15) is 4.90 Å². The quantitative estimate of drug-likeness (QED) is 0.633. The Labute approximate surface area is 64.6 Å². The van der Waals surface area contributed by atoms with E-state index in [0.29, 0.717) is 5.69 Å². The summed E-state index contributed by atoms with van der Waals surface area (Å²) >= 11 is 0. The van der Waals surface area contributed by atoms with Crippen LogP contribution < -0.4 is 0 Å². The summed E-state index contributed by atoms with van der Waals surface area (Å²) in [7, 11) is -4.10. The number of aromatic nitrogens is 1. The van der Waals surface area contributed by atoms with Crippen LogP contribution >= 0.6 is 0 Å². The van der Waals surface area contributed by atoms with Gasteiger partial charge in [0.2, 0.25) is 0 Å². The van der Waals surface area contributed by atoms with Crippen molar-refractivity contribution in [3.8, 4) is 0 Å². The fourth-order valence-electron chi connectivity index (χ4n) is 0.742. The fraction of sp³-hybridized carbons (Fsp3) is 0.167. The van der Waals surface area contributed by atoms with Gasteiger partial charge in [0.15, 0.2) is 0 Å². The van der Waals surface area contributed by atoms with Gasteiger partial charge in [0.25, 0.3) is 10.1 Å². The smallest absolute Gasteiger partial charge is 0.282 e. The predicted molar refractivity (Wildman–Crippen MR) is 38.8 cm³/mol. The molecule has 5 heteroatoms. The van der Waals surface area contributed by atoms with Gasteiger partial charge in [-0.15, -0.1) is 0 Å². The number of hydrogen-bond acceptors (Lipinski definition) is 3. The molecular weight excluding hydrogens is 166 g/mol. The molecule has 0 aliphatic heterocycles. The van der Waals surface area contributed by atoms with Gasteiger partial charge in [-0.1, -0.05) is 0 Å². The molecular formula is C6H7NO3S. The van der Waals surface area contributed by atoms with Crippen molar-refractivity contribution in [1.29, 1.82) is 0 Å². The van der Waals surface area contributed by atoms with Crippen molar-refractivity contribution in [3.63, 3.8) is 0 Å². The molecule has 0 unspecified atom stereocenters. The molecule has 0 spiro atoms. The number of nitrogens with zero attached hydrogens (tertiary/aromatic N) is 1. The Balaban J connectivity index is 3.37. The van der Waals surface area contributed by atoms with E-state index in [2.05, 4.69) is 4.98 Å². The Bertz CT molecular complexity index is 358. The second-order valence-corrected chi connectivity index (χ2v) is 3.45. The third-order valence-corrected chi connectivity index (χ3v) is 2.22. The van der Waals surface area contributed by atoms with E-state index in [1.54, 1.807) is 0 Å². The van der Waals surface area contributed by atoms with Crippen LogP contribution in [0.3, 0.4) is 0 Å². The van der Waals surface area contributed by atoms with Crippen molar-refractivity contribution in [1.82, 2.24) is 4.98 Å². The lowest BCUT2D eigenvalue weighted by Gasteiger charge is -1.98. The van der Waals surface area contributed by atoms with E-state index < -0.39 is 10.1 Å². The van der Waals surface area contributed by atoms with Crippen LogP contribution in [0.5, 0.6) is 0 Å². The molecule has 4 nitrogen and oxygen atoms in total. The number of aryl methyl sites for hydroxylation is 1. The van der Waals surface area contributed by atoms with Gasteiger partial charge in [-0.05, 0) is 19.1 Å². The first kappa shape index (κ1) is 8.16. The van der Waals surface area contributed by atoms with E-state index in [9.17, 15) is 8.42 Å². The molecule has 60 valence electrons. The number of pyridine rings is 1. The first-order valence-corrected chi connectivity index (χ1v) is 4.35. The molecule has 0 bridgehead atoms. The van der Waals surface area contributed by atoms with Crippen molar-refractivity contribution in [3.05, 3.63) is 24.0 Å². The molecule has 0 fully saturated rings. The fourth-order valence-corrected chi connectivity index (χ4v) is 1.42. The minimum absolute atomic E-state index is 0.139. The van der Waals surface area contributed by atoms with Crippen LogP contribution in [-0.4, -0.2) is 18.0 Å². The van der Waals surface area contributed by atoms with Crippen LogP contribution in [0.1, 0.15) is 5.69 Å². The van der Waals surface area contributed by atoms with E-state index in [0.717, 1.165) is 0 Å². The summed E-state index contributed by atoms with van der Waals surface area (Å²) in [5, 5.41) is 0. The maximum Gasteiger partial charge on any atom is 0.296 e. The highest BCUT2D eigenvalue weighted by Gasteiger charge is 2.11. The van der Waals surface area contributed by atoms with Gasteiger partial charge in [0, 0.05) is 6.20 Å². The predicted octanol–water partition coefficient (Wildman–Crippen LogP) is 0.637. The number of rotatable bonds is 1. The van der Waals surface area contributed by atoms with Crippen molar-refractivity contribution in [2.45, 2.75) is 11.8 Å². The molecule has 1 aromatic heterocycles. The Morgan fingerprint density at radius 1 is 1.55 bits per heavy atom. The summed E-state index contributed by atoms with van der Waals surface area (Å²) in [5.41, 5.74) is 0.301. The van der Waals surface area contributed by atoms with Crippen LogP contribution in [0.25, 0.3) is 0 Å². The summed E-state index contributed by atoms with van der Waals surface area (Å²) in [6, 6.07) is 2.76. The van der Waals surface area contributed by atoms with Gasteiger partial charge in [-0.25, -0.2) is 0 Å². The Morgan fingerprint density at radius 2 is 2.18 bits per heavy atom. The lowest BCUT2D eigenvalue weighted by atomic mass is 10.4. The van der Waals surface area contributed by atoms with Crippen molar-refractivity contribution >= 4 is 10.1 Å². The normalized spacial score (nSPS) is 11.5. The van der Waals surface area contributed by atoms with Crippen LogP contribution in [0.4, 0.5) is 0 Å². The highest BCUT2D eigenvalue weighted by molar-refractivity contribution is 7.85. The summed E-state index contributed by atoms with van der Waals surface area (Å²) < 4.78 is 29.7. The minimum Gasteiger partial charge on any atom is -0.282 e. The van der Waals surface area contributed by atoms with E-state index >= 15 is 0 Å². The van der Waals surface area contributed by atoms with Gasteiger partial charge in [0.05, 0.1) is 5.69 Å². The Morgan fingerprint density at radius 3 is 2.55 bits per heavy atom. The third kappa shape index (κ3) is 1.75. The SMILES string of the molecule is Cc1ncccc1S(=O)(=O)O. The molecule has 1 rings (SSSR count). The second-order valence-electron chi connectivity index (χ2n) is 2.06. The van der Waals surface area contributed by atoms with Crippen molar-refractivity contribution in [2.24, 2.45) is 0 Å². The average molecular weight is 173 g/mol. The van der Waals surface area contributed by atoms with Crippen LogP contribution in [0.15, 0.2) is 23.2 Å². The summed E-state index contributed by atoms with van der Waals surface area (Å²) in [6.45, 7) is 1.52. The first-order valence-electron chi connectivity index (χ1n) is 2.91. The van der Waals surface area contributed by atoms with Crippen LogP contribution in [-0.2, 0) is 10.1 Å². The third-order valence-electron chi connectivity index (χ3n) is 1.24. The lowest BCUT2D eigenvalue weighted by Crippen LogP contribution is -2.01. The lowest BCUT2D eigenvalue weighted by molar-refractivity contribution is 0.482. The standard InChI is InChI=1S/C6H7NO3S/c1-5-6(11(8,9)10)3-2-4-7-5/h2-4H,1H3,(H,8,9,10). The van der Waals surface area contributed by atoms with Gasteiger partial charge >= 0.3 is 0 Å². The Kier molecular flexibility index (Phi) is 1.92. The molecule has 1 aromatic rings. The van der Waals surface area contributed by atoms with Crippen molar-refractivity contribution in [2.75, 3.05) is 0 Å². The average Bonchev–Trinajstić information content (AvgIpc) is 1.86.